The lowest BCUT2D eigenvalue weighted by Crippen LogP contribution is -2.27. The number of hydrogen-bond donors (Lipinski definition) is 1. The lowest BCUT2D eigenvalue weighted by Gasteiger charge is -2.18. The summed E-state index contributed by atoms with van der Waals surface area (Å²) >= 11 is 1.37. The zero-order valence-electron chi connectivity index (χ0n) is 11.5. The SMILES string of the molecule is Cc1ccccc1CN(C)S(=O)(=O)c1ccsc1CN. The molecule has 4 nitrogen and oxygen atoms in total. The van der Waals surface area contributed by atoms with Gasteiger partial charge in [0.2, 0.25) is 10.0 Å². The molecular formula is C14H18N2O2S2. The Balaban J connectivity index is 2.29. The molecule has 0 aliphatic rings. The topological polar surface area (TPSA) is 63.4 Å². The average Bonchev–Trinajstić information content (AvgIpc) is 2.90. The average molecular weight is 310 g/mol. The minimum absolute atomic E-state index is 0.241. The van der Waals surface area contributed by atoms with Gasteiger partial charge in [0.05, 0.1) is 4.90 Å². The van der Waals surface area contributed by atoms with Crippen molar-refractivity contribution in [3.63, 3.8) is 0 Å². The van der Waals surface area contributed by atoms with E-state index in [9.17, 15) is 8.42 Å². The molecule has 0 aliphatic heterocycles. The largest absolute Gasteiger partial charge is 0.326 e. The van der Waals surface area contributed by atoms with E-state index in [1.165, 1.54) is 15.6 Å². The molecule has 0 aliphatic carbocycles. The molecule has 2 N–H and O–H groups in total. The molecule has 6 heteroatoms. The van der Waals surface area contributed by atoms with Crippen molar-refractivity contribution < 1.29 is 8.42 Å². The van der Waals surface area contributed by atoms with Crippen molar-refractivity contribution in [2.24, 2.45) is 5.73 Å². The van der Waals surface area contributed by atoms with Crippen LogP contribution in [-0.2, 0) is 23.1 Å². The fourth-order valence-corrected chi connectivity index (χ4v) is 4.44. The van der Waals surface area contributed by atoms with Gasteiger partial charge in [-0.3, -0.25) is 0 Å². The number of thiophene rings is 1. The van der Waals surface area contributed by atoms with Crippen LogP contribution in [0.4, 0.5) is 0 Å². The van der Waals surface area contributed by atoms with Crippen LogP contribution in [0, 0.1) is 6.92 Å². The molecule has 1 aromatic carbocycles. The predicted octanol–water partition coefficient (Wildman–Crippen LogP) is 2.34. The Hall–Kier alpha value is -1.21. The molecular weight excluding hydrogens is 292 g/mol. The number of rotatable bonds is 5. The minimum atomic E-state index is -3.49. The number of nitrogens with two attached hydrogens (primary N) is 1. The summed E-state index contributed by atoms with van der Waals surface area (Å²) in [6, 6.07) is 9.40. The van der Waals surface area contributed by atoms with Crippen LogP contribution >= 0.6 is 11.3 Å². The van der Waals surface area contributed by atoms with Crippen LogP contribution in [-0.4, -0.2) is 19.8 Å². The molecule has 0 spiro atoms. The standard InChI is InChI=1S/C14H18N2O2S2/c1-11-5-3-4-6-12(11)10-16(2)20(17,18)14-7-8-19-13(14)9-15/h3-8H,9-10,15H2,1-2H3. The summed E-state index contributed by atoms with van der Waals surface area (Å²) in [4.78, 5) is 1.02. The van der Waals surface area contributed by atoms with Crippen LogP contribution in [0.15, 0.2) is 40.6 Å². The third kappa shape index (κ3) is 2.93. The number of benzene rings is 1. The van der Waals surface area contributed by atoms with Crippen LogP contribution < -0.4 is 5.73 Å². The van der Waals surface area contributed by atoms with Gasteiger partial charge in [-0.15, -0.1) is 11.3 Å². The molecule has 0 saturated heterocycles. The Kier molecular flexibility index (Phi) is 4.59. The van der Waals surface area contributed by atoms with Crippen molar-refractivity contribution in [3.05, 3.63) is 51.7 Å². The first-order chi connectivity index (χ1) is 9.46. The zero-order valence-corrected chi connectivity index (χ0v) is 13.2. The van der Waals surface area contributed by atoms with Crippen LogP contribution in [0.1, 0.15) is 16.0 Å². The van der Waals surface area contributed by atoms with Crippen molar-refractivity contribution >= 4 is 21.4 Å². The molecule has 0 radical (unpaired) electrons. The van der Waals surface area contributed by atoms with E-state index in [0.29, 0.717) is 16.3 Å². The molecule has 2 rings (SSSR count). The monoisotopic (exact) mass is 310 g/mol. The fraction of sp³-hybridized carbons (Fsp3) is 0.286. The van der Waals surface area contributed by atoms with Gasteiger partial charge in [-0.2, -0.15) is 4.31 Å². The lowest BCUT2D eigenvalue weighted by atomic mass is 10.1. The molecule has 20 heavy (non-hydrogen) atoms. The van der Waals surface area contributed by atoms with E-state index in [4.69, 9.17) is 5.73 Å². The number of sulfonamides is 1. The molecule has 0 unspecified atom stereocenters. The second-order valence-corrected chi connectivity index (χ2v) is 7.61. The Morgan fingerprint density at radius 3 is 2.60 bits per heavy atom. The summed E-state index contributed by atoms with van der Waals surface area (Å²) in [6.45, 7) is 2.57. The maximum Gasteiger partial charge on any atom is 0.244 e. The molecule has 1 heterocycles. The van der Waals surface area contributed by atoms with Gasteiger partial charge >= 0.3 is 0 Å². The molecule has 0 amide bonds. The first-order valence-electron chi connectivity index (χ1n) is 6.24. The maximum absolute atomic E-state index is 12.6. The summed E-state index contributed by atoms with van der Waals surface area (Å²) in [5, 5.41) is 1.76. The summed E-state index contributed by atoms with van der Waals surface area (Å²) in [6.07, 6.45) is 0. The van der Waals surface area contributed by atoms with Crippen molar-refractivity contribution in [2.45, 2.75) is 24.9 Å². The van der Waals surface area contributed by atoms with Gasteiger partial charge in [-0.1, -0.05) is 24.3 Å². The molecule has 108 valence electrons. The quantitative estimate of drug-likeness (QED) is 0.922. The highest BCUT2D eigenvalue weighted by Crippen LogP contribution is 2.25. The van der Waals surface area contributed by atoms with E-state index in [2.05, 4.69) is 0 Å². The van der Waals surface area contributed by atoms with Crippen LogP contribution in [0.2, 0.25) is 0 Å². The first kappa shape index (κ1) is 15.2. The molecule has 1 aromatic heterocycles. The van der Waals surface area contributed by atoms with Crippen LogP contribution in [0.5, 0.6) is 0 Å². The zero-order chi connectivity index (χ0) is 14.8. The maximum atomic E-state index is 12.6. The van der Waals surface area contributed by atoms with E-state index in [1.807, 2.05) is 31.2 Å². The van der Waals surface area contributed by atoms with Gasteiger partial charge in [-0.05, 0) is 29.5 Å². The first-order valence-corrected chi connectivity index (χ1v) is 8.56. The van der Waals surface area contributed by atoms with Gasteiger partial charge in [0.1, 0.15) is 0 Å². The second kappa shape index (κ2) is 6.05. The van der Waals surface area contributed by atoms with Crippen molar-refractivity contribution in [1.29, 1.82) is 0 Å². The highest BCUT2D eigenvalue weighted by atomic mass is 32.2. The van der Waals surface area contributed by atoms with Crippen LogP contribution in [0.3, 0.4) is 0 Å². The third-order valence-corrected chi connectivity index (χ3v) is 6.19. The highest BCUT2D eigenvalue weighted by molar-refractivity contribution is 7.89. The smallest absolute Gasteiger partial charge is 0.244 e. The normalized spacial score (nSPS) is 12.0. The summed E-state index contributed by atoms with van der Waals surface area (Å²) < 4.78 is 26.5. The minimum Gasteiger partial charge on any atom is -0.326 e. The summed E-state index contributed by atoms with van der Waals surface area (Å²) in [7, 11) is -1.89. The molecule has 0 bridgehead atoms. The van der Waals surface area contributed by atoms with E-state index in [-0.39, 0.29) is 6.54 Å². The number of nitrogens with zero attached hydrogens (tertiary/aromatic N) is 1. The van der Waals surface area contributed by atoms with E-state index in [1.54, 1.807) is 18.5 Å². The van der Waals surface area contributed by atoms with Crippen molar-refractivity contribution in [2.75, 3.05) is 7.05 Å². The van der Waals surface area contributed by atoms with Gasteiger partial charge in [0.25, 0.3) is 0 Å². The highest BCUT2D eigenvalue weighted by Gasteiger charge is 2.24. The van der Waals surface area contributed by atoms with E-state index in [0.717, 1.165) is 11.1 Å². The van der Waals surface area contributed by atoms with Crippen molar-refractivity contribution in [3.8, 4) is 0 Å². The second-order valence-electron chi connectivity index (χ2n) is 4.60. The molecule has 0 fully saturated rings. The van der Waals surface area contributed by atoms with Crippen LogP contribution in [0.25, 0.3) is 0 Å². The summed E-state index contributed by atoms with van der Waals surface area (Å²) in [5.41, 5.74) is 7.68. The van der Waals surface area contributed by atoms with Crippen molar-refractivity contribution in [1.82, 2.24) is 4.31 Å². The number of aryl methyl sites for hydroxylation is 1. The van der Waals surface area contributed by atoms with E-state index >= 15 is 0 Å². The molecule has 0 saturated carbocycles. The molecule has 0 atom stereocenters. The number of hydrogen-bond acceptors (Lipinski definition) is 4. The Morgan fingerprint density at radius 2 is 1.95 bits per heavy atom. The fourth-order valence-electron chi connectivity index (χ4n) is 1.99. The Morgan fingerprint density at radius 1 is 1.25 bits per heavy atom. The third-order valence-electron chi connectivity index (χ3n) is 3.23. The van der Waals surface area contributed by atoms with Gasteiger partial charge in [-0.25, -0.2) is 8.42 Å². The van der Waals surface area contributed by atoms with Gasteiger partial charge in [0.15, 0.2) is 0 Å². The molecule has 2 aromatic rings. The predicted molar refractivity (Wildman–Crippen MR) is 82.0 cm³/mol. The Bertz CT molecular complexity index is 693. The van der Waals surface area contributed by atoms with E-state index < -0.39 is 10.0 Å². The van der Waals surface area contributed by atoms with Gasteiger partial charge < -0.3 is 5.73 Å². The Labute approximate surface area is 123 Å². The van der Waals surface area contributed by atoms with Gasteiger partial charge in [0, 0.05) is 25.0 Å². The summed E-state index contributed by atoms with van der Waals surface area (Å²) in [5.74, 6) is 0. The lowest BCUT2D eigenvalue weighted by molar-refractivity contribution is 0.465.